The van der Waals surface area contributed by atoms with E-state index in [-0.39, 0.29) is 13.2 Å². The number of benzene rings is 6. The average Bonchev–Trinajstić information content (AvgIpc) is 4.03. The van der Waals surface area contributed by atoms with E-state index in [0.717, 1.165) is 87.0 Å². The van der Waals surface area contributed by atoms with Crippen LogP contribution in [0.15, 0.2) is 164 Å². The van der Waals surface area contributed by atoms with Crippen LogP contribution in [-0.2, 0) is 6.54 Å². The van der Waals surface area contributed by atoms with Gasteiger partial charge < -0.3 is 15.1 Å². The number of aromatic nitrogens is 4. The summed E-state index contributed by atoms with van der Waals surface area (Å²) in [7, 11) is 0. The lowest BCUT2D eigenvalue weighted by atomic mass is 10.1. The number of hydrogen-bond donors (Lipinski definition) is 2. The smallest absolute Gasteiger partial charge is 0.287 e. The van der Waals surface area contributed by atoms with E-state index in [9.17, 15) is 10.2 Å². The minimum Gasteiger partial charge on any atom is -0.395 e. The van der Waals surface area contributed by atoms with E-state index in [1.165, 1.54) is 0 Å². The number of para-hydroxylation sites is 4. The summed E-state index contributed by atoms with van der Waals surface area (Å²) in [4.78, 5) is 14.3. The molecule has 0 bridgehead atoms. The number of allylic oxidation sites excluding steroid dienone is 2. The molecule has 0 fully saturated rings. The first kappa shape index (κ1) is 35.0. The zero-order chi connectivity index (χ0) is 38.3. The van der Waals surface area contributed by atoms with Gasteiger partial charge in [-0.2, -0.15) is 4.57 Å². The molecule has 10 heteroatoms. The fraction of sp³-hybridized carbons (Fsp3) is 0.0851. The summed E-state index contributed by atoms with van der Waals surface area (Å²) in [5.74, 6) is 1.83. The first-order chi connectivity index (χ1) is 28.2. The Morgan fingerprint density at radius 2 is 1.23 bits per heavy atom. The Balaban J connectivity index is 1.11. The van der Waals surface area contributed by atoms with E-state index in [1.807, 2.05) is 72.8 Å². The molecule has 1 aliphatic rings. The quantitative estimate of drug-likeness (QED) is 0.135. The van der Waals surface area contributed by atoms with Crippen molar-refractivity contribution in [2.24, 2.45) is 0 Å². The van der Waals surface area contributed by atoms with E-state index in [2.05, 4.69) is 110 Å². The predicted octanol–water partition coefficient (Wildman–Crippen LogP) is 9.97. The molecule has 4 heterocycles. The van der Waals surface area contributed by atoms with Crippen molar-refractivity contribution in [1.29, 1.82) is 0 Å². The fourth-order valence-corrected chi connectivity index (χ4v) is 9.69. The predicted molar refractivity (Wildman–Crippen MR) is 234 cm³/mol. The number of aliphatic hydroxyl groups excluding tert-OH is 2. The third kappa shape index (κ3) is 6.29. The van der Waals surface area contributed by atoms with Gasteiger partial charge in [0.2, 0.25) is 0 Å². The van der Waals surface area contributed by atoms with Crippen LogP contribution in [0.25, 0.3) is 64.4 Å². The SMILES string of the molecule is OCCN1/C(=C/C=C/c2n(-c3ccccc3)c3ccc(-c4nc5ccccc5s4)cc3[n+]2CCO)N(c2ccccc2)c2ccc(-c3nc4ccccc4s3)cc21. The van der Waals surface area contributed by atoms with Crippen molar-refractivity contribution in [3.63, 3.8) is 0 Å². The van der Waals surface area contributed by atoms with Crippen LogP contribution >= 0.6 is 22.7 Å². The molecule has 0 aliphatic carbocycles. The molecule has 2 N–H and O–H groups in total. The second kappa shape index (κ2) is 14.9. The second-order valence-electron chi connectivity index (χ2n) is 13.7. The van der Waals surface area contributed by atoms with Crippen LogP contribution < -0.4 is 14.4 Å². The number of imidazole rings is 1. The van der Waals surface area contributed by atoms with Gasteiger partial charge in [0, 0.05) is 29.4 Å². The monoisotopic (exact) mass is 781 g/mol. The molecule has 8 nitrogen and oxygen atoms in total. The van der Waals surface area contributed by atoms with Crippen molar-refractivity contribution in [3.05, 3.63) is 169 Å². The third-order valence-corrected chi connectivity index (χ3v) is 12.4. The first-order valence-corrected chi connectivity index (χ1v) is 20.5. The minimum atomic E-state index is -0.0236. The highest BCUT2D eigenvalue weighted by molar-refractivity contribution is 7.22. The van der Waals surface area contributed by atoms with Crippen LogP contribution in [0.2, 0.25) is 0 Å². The molecule has 1 aliphatic heterocycles. The number of hydrogen-bond acceptors (Lipinski definition) is 8. The summed E-state index contributed by atoms with van der Waals surface area (Å²) in [6.45, 7) is 0.764. The average molecular weight is 782 g/mol. The minimum absolute atomic E-state index is 0.0236. The molecule has 0 atom stereocenters. The van der Waals surface area contributed by atoms with Crippen LogP contribution in [0.1, 0.15) is 5.82 Å². The Hall–Kier alpha value is -6.43. The van der Waals surface area contributed by atoms with Gasteiger partial charge in [-0.05, 0) is 91.0 Å². The maximum Gasteiger partial charge on any atom is 0.287 e. The maximum absolute atomic E-state index is 10.4. The highest BCUT2D eigenvalue weighted by Crippen LogP contribution is 2.48. The topological polar surface area (TPSA) is 81.5 Å². The molecule has 278 valence electrons. The Morgan fingerprint density at radius 1 is 0.614 bits per heavy atom. The maximum atomic E-state index is 10.4. The van der Waals surface area contributed by atoms with Crippen LogP contribution in [0, 0.1) is 0 Å². The van der Waals surface area contributed by atoms with Gasteiger partial charge in [0.1, 0.15) is 28.1 Å². The van der Waals surface area contributed by atoms with Gasteiger partial charge in [-0.3, -0.25) is 4.90 Å². The van der Waals surface area contributed by atoms with Gasteiger partial charge in [-0.25, -0.2) is 14.5 Å². The van der Waals surface area contributed by atoms with Gasteiger partial charge in [-0.15, -0.1) is 22.7 Å². The van der Waals surface area contributed by atoms with Crippen LogP contribution in [0.4, 0.5) is 17.1 Å². The summed E-state index contributed by atoms with van der Waals surface area (Å²) < 4.78 is 6.73. The third-order valence-electron chi connectivity index (χ3n) is 10.3. The largest absolute Gasteiger partial charge is 0.395 e. The molecule has 0 saturated heterocycles. The summed E-state index contributed by atoms with van der Waals surface area (Å²) in [6.07, 6.45) is 6.30. The Bertz CT molecular complexity index is 2900. The second-order valence-corrected chi connectivity index (χ2v) is 15.8. The number of rotatable bonds is 10. The standard InChI is InChI=1S/C47H37N6O2S2/c54-28-26-50-40-30-32(46-48-36-16-7-9-18-42(36)56-46)22-24-38(40)52(34-12-3-1-4-13-34)44(50)20-11-21-45-51(27-29-55)41-31-33(47-49-37-17-8-10-19-43(37)57-47)23-25-39(41)53(45)35-14-5-2-6-15-35/h1-25,30-31,54-55H,26-29H2/q+1. The fourth-order valence-electron chi connectivity index (χ4n) is 7.77. The molecular weight excluding hydrogens is 745 g/mol. The normalized spacial score (nSPS) is 13.6. The molecule has 0 saturated carbocycles. The van der Waals surface area contributed by atoms with Crippen molar-refractivity contribution in [2.75, 3.05) is 29.6 Å². The van der Waals surface area contributed by atoms with Crippen LogP contribution in [-0.4, -0.2) is 44.5 Å². The highest BCUT2D eigenvalue weighted by Gasteiger charge is 2.33. The molecule has 0 amide bonds. The molecule has 9 aromatic rings. The Morgan fingerprint density at radius 3 is 1.88 bits per heavy atom. The number of β-amino-alcohol motifs (C(OH)–C–C–N with tert-alkyl or cyclic N) is 1. The van der Waals surface area contributed by atoms with Crippen molar-refractivity contribution in [2.45, 2.75) is 6.54 Å². The lowest BCUT2D eigenvalue weighted by Gasteiger charge is -2.25. The molecular formula is C47H37N6O2S2+. The number of aliphatic hydroxyl groups is 2. The number of nitrogens with zero attached hydrogens (tertiary/aromatic N) is 6. The van der Waals surface area contributed by atoms with E-state index < -0.39 is 0 Å². The molecule has 0 spiro atoms. The summed E-state index contributed by atoms with van der Waals surface area (Å²) in [5, 5.41) is 22.8. The van der Waals surface area contributed by atoms with E-state index in [0.29, 0.717) is 13.1 Å². The lowest BCUT2D eigenvalue weighted by molar-refractivity contribution is -0.675. The molecule has 0 unspecified atom stereocenters. The zero-order valence-electron chi connectivity index (χ0n) is 30.8. The van der Waals surface area contributed by atoms with Crippen LogP contribution in [0.5, 0.6) is 0 Å². The Labute approximate surface area is 337 Å². The van der Waals surface area contributed by atoms with Crippen molar-refractivity contribution >= 4 is 77.3 Å². The van der Waals surface area contributed by atoms with Gasteiger partial charge in [0.25, 0.3) is 5.82 Å². The van der Waals surface area contributed by atoms with Crippen LogP contribution in [0.3, 0.4) is 0 Å². The molecule has 0 radical (unpaired) electrons. The summed E-state index contributed by atoms with van der Waals surface area (Å²) >= 11 is 3.37. The number of anilines is 3. The molecule has 57 heavy (non-hydrogen) atoms. The highest BCUT2D eigenvalue weighted by atomic mass is 32.1. The van der Waals surface area contributed by atoms with Gasteiger partial charge >= 0.3 is 0 Å². The van der Waals surface area contributed by atoms with E-state index >= 15 is 0 Å². The van der Waals surface area contributed by atoms with Gasteiger partial charge in [-0.1, -0.05) is 66.7 Å². The van der Waals surface area contributed by atoms with Crippen molar-refractivity contribution in [1.82, 2.24) is 14.5 Å². The molecule has 10 rings (SSSR count). The molecule has 3 aromatic heterocycles. The lowest BCUT2D eigenvalue weighted by Crippen LogP contribution is -2.38. The summed E-state index contributed by atoms with van der Waals surface area (Å²) in [6, 6.07) is 50.1. The molecule has 6 aromatic carbocycles. The first-order valence-electron chi connectivity index (χ1n) is 18.9. The van der Waals surface area contributed by atoms with E-state index in [4.69, 9.17) is 9.97 Å². The van der Waals surface area contributed by atoms with Gasteiger partial charge in [0.15, 0.2) is 11.0 Å². The summed E-state index contributed by atoms with van der Waals surface area (Å²) in [5.41, 5.74) is 10.1. The van der Waals surface area contributed by atoms with Crippen molar-refractivity contribution in [3.8, 4) is 26.8 Å². The van der Waals surface area contributed by atoms with Crippen molar-refractivity contribution < 1.29 is 14.8 Å². The number of thiazole rings is 2. The van der Waals surface area contributed by atoms with Gasteiger partial charge in [0.05, 0.1) is 45.0 Å². The zero-order valence-corrected chi connectivity index (χ0v) is 32.4. The Kier molecular flexibility index (Phi) is 9.16. The number of fused-ring (bicyclic) bond motifs is 4. The van der Waals surface area contributed by atoms with E-state index in [1.54, 1.807) is 22.7 Å².